The van der Waals surface area contributed by atoms with E-state index in [1.165, 1.54) is 31.6 Å². The zero-order valence-corrected chi connectivity index (χ0v) is 19.4. The van der Waals surface area contributed by atoms with Crippen LogP contribution < -0.4 is 16.0 Å². The van der Waals surface area contributed by atoms with Gasteiger partial charge in [0.2, 0.25) is 0 Å². The van der Waals surface area contributed by atoms with Crippen LogP contribution in [0.5, 0.6) is 5.75 Å². The number of halogens is 2. The van der Waals surface area contributed by atoms with Crippen LogP contribution in [-0.2, 0) is 6.54 Å². The summed E-state index contributed by atoms with van der Waals surface area (Å²) in [5, 5.41) is 5.80. The van der Waals surface area contributed by atoms with Gasteiger partial charge in [-0.25, -0.2) is 23.4 Å². The number of pyridine rings is 1. The monoisotopic (exact) mass is 488 g/mol. The summed E-state index contributed by atoms with van der Waals surface area (Å²) in [4.78, 5) is 21.9. The highest BCUT2D eigenvalue weighted by molar-refractivity contribution is 5.98. The Hall–Kier alpha value is -4.34. The molecule has 0 atom stereocenters. The van der Waals surface area contributed by atoms with Gasteiger partial charge in [-0.05, 0) is 55.0 Å². The van der Waals surface area contributed by atoms with E-state index >= 15 is 0 Å². The third-order valence-corrected chi connectivity index (χ3v) is 6.85. The maximum Gasteiger partial charge on any atom is 0.261 e. The number of fused-ring (bicyclic) bond motifs is 2. The molecule has 1 fully saturated rings. The number of rotatable bonds is 5. The summed E-state index contributed by atoms with van der Waals surface area (Å²) in [5.41, 5.74) is 7.86. The minimum Gasteiger partial charge on any atom is -0.494 e. The van der Waals surface area contributed by atoms with Gasteiger partial charge in [-0.3, -0.25) is 4.79 Å². The maximum atomic E-state index is 14.6. The van der Waals surface area contributed by atoms with Crippen LogP contribution in [0.4, 0.5) is 14.6 Å². The number of nitrogens with two attached hydrogens (primary N) is 1. The van der Waals surface area contributed by atoms with Crippen LogP contribution in [0.25, 0.3) is 33.1 Å². The van der Waals surface area contributed by atoms with Crippen LogP contribution in [-0.4, -0.2) is 31.4 Å². The van der Waals surface area contributed by atoms with Crippen molar-refractivity contribution in [2.24, 2.45) is 0 Å². The molecule has 2 N–H and O–H groups in total. The Morgan fingerprint density at radius 1 is 1.08 bits per heavy atom. The molecule has 2 aromatic carbocycles. The smallest absolute Gasteiger partial charge is 0.261 e. The van der Waals surface area contributed by atoms with Crippen LogP contribution in [0.3, 0.4) is 0 Å². The molecular formula is C26H22F2N6O2. The van der Waals surface area contributed by atoms with Crippen molar-refractivity contribution >= 4 is 27.6 Å². The molecule has 0 radical (unpaired) electrons. The highest BCUT2D eigenvalue weighted by Crippen LogP contribution is 2.35. The van der Waals surface area contributed by atoms with E-state index < -0.39 is 11.6 Å². The van der Waals surface area contributed by atoms with Crippen LogP contribution in [0.1, 0.15) is 31.0 Å². The quantitative estimate of drug-likeness (QED) is 0.392. The van der Waals surface area contributed by atoms with Crippen LogP contribution in [0.2, 0.25) is 0 Å². The Balaban J connectivity index is 1.55. The van der Waals surface area contributed by atoms with Gasteiger partial charge in [0.1, 0.15) is 23.7 Å². The average molecular weight is 488 g/mol. The van der Waals surface area contributed by atoms with E-state index in [0.717, 1.165) is 19.3 Å². The van der Waals surface area contributed by atoms with E-state index in [9.17, 15) is 13.6 Å². The number of benzene rings is 2. The fourth-order valence-corrected chi connectivity index (χ4v) is 4.86. The number of nitrogens with zero attached hydrogens (tertiary/aromatic N) is 5. The first-order chi connectivity index (χ1) is 17.5. The second-order valence-electron chi connectivity index (χ2n) is 8.91. The van der Waals surface area contributed by atoms with Crippen molar-refractivity contribution in [1.29, 1.82) is 0 Å². The summed E-state index contributed by atoms with van der Waals surface area (Å²) >= 11 is 0. The number of hydrogen-bond acceptors (Lipinski definition) is 6. The molecule has 3 aromatic heterocycles. The van der Waals surface area contributed by atoms with Gasteiger partial charge in [-0.1, -0.05) is 12.1 Å². The SMILES string of the molecule is COc1ccc(-c2nn(Cc3cc4cccc(F)c4c(=O)n3C3CCC3)c3ncnc(N)c23)cc1F. The fourth-order valence-electron chi connectivity index (χ4n) is 4.86. The third-order valence-electron chi connectivity index (χ3n) is 6.85. The predicted octanol–water partition coefficient (Wildman–Crippen LogP) is 4.45. The first-order valence-corrected chi connectivity index (χ1v) is 11.6. The van der Waals surface area contributed by atoms with E-state index in [1.54, 1.807) is 27.4 Å². The number of hydrogen-bond donors (Lipinski definition) is 1. The summed E-state index contributed by atoms with van der Waals surface area (Å²) in [5.74, 6) is -0.761. The Labute approximate surface area is 204 Å². The van der Waals surface area contributed by atoms with Crippen LogP contribution >= 0.6 is 0 Å². The van der Waals surface area contributed by atoms with Crippen molar-refractivity contribution in [1.82, 2.24) is 24.3 Å². The van der Waals surface area contributed by atoms with Crippen molar-refractivity contribution in [2.45, 2.75) is 31.8 Å². The van der Waals surface area contributed by atoms with Crippen molar-refractivity contribution < 1.29 is 13.5 Å². The molecule has 36 heavy (non-hydrogen) atoms. The number of aromatic nitrogens is 5. The number of ether oxygens (including phenoxy) is 1. The largest absolute Gasteiger partial charge is 0.494 e. The second kappa shape index (κ2) is 8.40. The average Bonchev–Trinajstić information content (AvgIpc) is 3.20. The fraction of sp³-hybridized carbons (Fsp3) is 0.231. The van der Waals surface area contributed by atoms with E-state index in [4.69, 9.17) is 15.6 Å². The summed E-state index contributed by atoms with van der Waals surface area (Å²) in [6.45, 7) is 0.184. The number of anilines is 1. The Kier molecular flexibility index (Phi) is 5.17. The van der Waals surface area contributed by atoms with Crippen molar-refractivity contribution in [3.63, 3.8) is 0 Å². The number of methoxy groups -OCH3 is 1. The molecule has 10 heteroatoms. The maximum absolute atomic E-state index is 14.6. The van der Waals surface area contributed by atoms with Gasteiger partial charge in [0.15, 0.2) is 17.2 Å². The summed E-state index contributed by atoms with van der Waals surface area (Å²) in [7, 11) is 1.39. The molecule has 0 saturated heterocycles. The van der Waals surface area contributed by atoms with Gasteiger partial charge < -0.3 is 15.0 Å². The second-order valence-corrected chi connectivity index (χ2v) is 8.91. The molecule has 0 unspecified atom stereocenters. The molecule has 5 aromatic rings. The topological polar surface area (TPSA) is 101 Å². The van der Waals surface area contributed by atoms with E-state index in [1.807, 2.05) is 6.07 Å². The minimum atomic E-state index is -0.538. The molecule has 1 saturated carbocycles. The Morgan fingerprint density at radius 3 is 2.64 bits per heavy atom. The van der Waals surface area contributed by atoms with E-state index in [-0.39, 0.29) is 35.1 Å². The lowest BCUT2D eigenvalue weighted by Crippen LogP contribution is -2.32. The molecule has 0 bridgehead atoms. The lowest BCUT2D eigenvalue weighted by molar-refractivity contribution is 0.298. The van der Waals surface area contributed by atoms with Crippen molar-refractivity contribution in [3.8, 4) is 17.0 Å². The van der Waals surface area contributed by atoms with Crippen molar-refractivity contribution in [2.75, 3.05) is 12.8 Å². The Morgan fingerprint density at radius 2 is 1.92 bits per heavy atom. The molecule has 182 valence electrons. The normalized spacial score (nSPS) is 13.9. The standard InChI is InChI=1S/C26H22F2N6O2/c1-36-20-9-8-15(11-19(20)28)23-22-24(29)30-13-31-25(22)33(32-23)12-17-10-14-4-2-7-18(27)21(14)26(35)34(17)16-5-3-6-16/h2,4,7-11,13,16H,3,5-6,12H2,1H3,(H2,29,30,31). The highest BCUT2D eigenvalue weighted by atomic mass is 19.1. The molecule has 3 heterocycles. The molecule has 1 aliphatic carbocycles. The molecule has 8 nitrogen and oxygen atoms in total. The van der Waals surface area contributed by atoms with Gasteiger partial charge in [0, 0.05) is 17.3 Å². The molecule has 1 aliphatic rings. The lowest BCUT2D eigenvalue weighted by Gasteiger charge is -2.30. The molecule has 0 amide bonds. The minimum absolute atomic E-state index is 0.00631. The van der Waals surface area contributed by atoms with Gasteiger partial charge in [0.25, 0.3) is 5.56 Å². The molecule has 6 rings (SSSR count). The third kappa shape index (κ3) is 3.40. The predicted molar refractivity (Wildman–Crippen MR) is 132 cm³/mol. The number of nitrogen functional groups attached to an aromatic ring is 1. The summed E-state index contributed by atoms with van der Waals surface area (Å²) in [6.07, 6.45) is 4.03. The van der Waals surface area contributed by atoms with Crippen LogP contribution in [0, 0.1) is 11.6 Å². The zero-order valence-electron chi connectivity index (χ0n) is 19.4. The van der Waals surface area contributed by atoms with Gasteiger partial charge in [0.05, 0.1) is 24.4 Å². The lowest BCUT2D eigenvalue weighted by atomic mass is 9.92. The van der Waals surface area contributed by atoms with Crippen LogP contribution in [0.15, 0.2) is 53.6 Å². The van der Waals surface area contributed by atoms with Gasteiger partial charge >= 0.3 is 0 Å². The first kappa shape index (κ1) is 22.1. The Bertz CT molecular complexity index is 1710. The molecule has 0 aliphatic heterocycles. The summed E-state index contributed by atoms with van der Waals surface area (Å²) < 4.78 is 37.4. The van der Waals surface area contributed by atoms with E-state index in [0.29, 0.717) is 33.4 Å². The molecular weight excluding hydrogens is 466 g/mol. The van der Waals surface area contributed by atoms with Crippen molar-refractivity contribution in [3.05, 3.63) is 76.5 Å². The first-order valence-electron chi connectivity index (χ1n) is 11.6. The van der Waals surface area contributed by atoms with E-state index in [2.05, 4.69) is 9.97 Å². The van der Waals surface area contributed by atoms with Gasteiger partial charge in [-0.15, -0.1) is 0 Å². The highest BCUT2D eigenvalue weighted by Gasteiger charge is 2.26. The van der Waals surface area contributed by atoms with Gasteiger partial charge in [-0.2, -0.15) is 5.10 Å². The zero-order chi connectivity index (χ0) is 25.0. The molecule has 0 spiro atoms. The summed E-state index contributed by atoms with van der Waals surface area (Å²) in [6, 6.07) is 10.9.